The molecule has 2 aromatic rings. The molecule has 0 fully saturated rings. The summed E-state index contributed by atoms with van der Waals surface area (Å²) in [7, 11) is 0. The molecule has 0 bridgehead atoms. The van der Waals surface area contributed by atoms with Crippen LogP contribution in [0.3, 0.4) is 0 Å². The second-order valence-corrected chi connectivity index (χ2v) is 2.53. The molecule has 74 valence electrons. The van der Waals surface area contributed by atoms with Crippen LogP contribution in [0.5, 0.6) is 5.75 Å². The summed E-state index contributed by atoms with van der Waals surface area (Å²) in [5.74, 6) is 0.323. The van der Waals surface area contributed by atoms with E-state index in [1.54, 1.807) is 12.1 Å². The predicted molar refractivity (Wildman–Crippen MR) is 60.1 cm³/mol. The van der Waals surface area contributed by atoms with Gasteiger partial charge in [0.1, 0.15) is 5.75 Å². The van der Waals surface area contributed by atoms with E-state index in [1.165, 1.54) is 0 Å². The van der Waals surface area contributed by atoms with Gasteiger partial charge < -0.3 is 5.11 Å². The van der Waals surface area contributed by atoms with Crippen molar-refractivity contribution in [2.45, 2.75) is 0 Å². The van der Waals surface area contributed by atoms with Crippen molar-refractivity contribution in [3.05, 3.63) is 42.5 Å². The number of rotatable bonds is 0. The maximum Gasteiger partial charge on any atom is 0.116 e. The number of hydrogen-bond donors (Lipinski definition) is 1. The van der Waals surface area contributed by atoms with E-state index in [9.17, 15) is 0 Å². The molecule has 14 heavy (non-hydrogen) atoms. The average Bonchev–Trinajstić information content (AvgIpc) is 2.04. The Morgan fingerprint density at radius 1 is 0.786 bits per heavy atom. The first-order valence-corrected chi connectivity index (χ1v) is 3.54. The summed E-state index contributed by atoms with van der Waals surface area (Å²) in [6.45, 7) is 0. The van der Waals surface area contributed by atoms with E-state index in [-0.39, 0.29) is 46.5 Å². The van der Waals surface area contributed by atoms with Crippen molar-refractivity contribution < 1.29 is 26.8 Å². The maximum atomic E-state index is 9.13. The Morgan fingerprint density at radius 3 is 2.00 bits per heavy atom. The van der Waals surface area contributed by atoms with Gasteiger partial charge in [-0.05, 0) is 22.9 Å². The van der Waals surface area contributed by atoms with E-state index >= 15 is 0 Å². The summed E-state index contributed by atoms with van der Waals surface area (Å²) in [6, 6.07) is 13.3. The summed E-state index contributed by atoms with van der Waals surface area (Å²) < 4.78 is 0. The molecule has 0 aliphatic carbocycles. The van der Waals surface area contributed by atoms with Gasteiger partial charge in [0, 0.05) is 21.7 Å². The fourth-order valence-corrected chi connectivity index (χ4v) is 1.18. The Hall–Kier alpha value is -0.206. The van der Waals surface area contributed by atoms with Crippen LogP contribution in [0.15, 0.2) is 42.5 Å². The zero-order valence-electron chi connectivity index (χ0n) is 7.31. The van der Waals surface area contributed by atoms with E-state index in [1.807, 2.05) is 30.3 Å². The molecule has 4 heteroatoms. The fraction of sp³-hybridized carbons (Fsp3) is 0. The van der Waals surface area contributed by atoms with Crippen LogP contribution in [0.25, 0.3) is 10.8 Å². The van der Waals surface area contributed by atoms with Gasteiger partial charge in [0.2, 0.25) is 0 Å². The minimum absolute atomic E-state index is 0. The fourth-order valence-electron chi connectivity index (χ4n) is 1.18. The number of aromatic hydroxyl groups is 1. The van der Waals surface area contributed by atoms with Crippen LogP contribution in [0.4, 0.5) is 0 Å². The number of benzene rings is 2. The van der Waals surface area contributed by atoms with E-state index < -0.39 is 0 Å². The third-order valence-electron chi connectivity index (χ3n) is 1.73. The predicted octanol–water partition coefficient (Wildman–Crippen LogP) is 3.39. The van der Waals surface area contributed by atoms with Crippen molar-refractivity contribution in [3.8, 4) is 5.75 Å². The molecule has 2 rings (SSSR count). The van der Waals surface area contributed by atoms with E-state index in [4.69, 9.17) is 5.11 Å². The van der Waals surface area contributed by atoms with Gasteiger partial charge in [-0.2, -0.15) is 0 Å². The quantitative estimate of drug-likeness (QED) is 0.724. The molecule has 0 spiro atoms. The van der Waals surface area contributed by atoms with Crippen LogP contribution < -0.4 is 0 Å². The molecule has 2 aromatic carbocycles. The van der Waals surface area contributed by atoms with Crippen molar-refractivity contribution in [1.29, 1.82) is 0 Å². The van der Waals surface area contributed by atoms with Crippen LogP contribution in [-0.2, 0) is 21.7 Å². The van der Waals surface area contributed by atoms with Crippen LogP contribution >= 0.6 is 24.8 Å². The Labute approximate surface area is 110 Å². The summed E-state index contributed by atoms with van der Waals surface area (Å²) in [4.78, 5) is 0. The third-order valence-corrected chi connectivity index (χ3v) is 1.73. The van der Waals surface area contributed by atoms with Gasteiger partial charge in [0.05, 0.1) is 0 Å². The van der Waals surface area contributed by atoms with Gasteiger partial charge in [-0.15, -0.1) is 24.8 Å². The zero-order valence-corrected chi connectivity index (χ0v) is 10.5. The van der Waals surface area contributed by atoms with Gasteiger partial charge in [0.15, 0.2) is 0 Å². The first kappa shape index (κ1) is 16.2. The van der Waals surface area contributed by atoms with E-state index in [2.05, 4.69) is 0 Å². The third kappa shape index (κ3) is 3.51. The minimum Gasteiger partial charge on any atom is -0.508 e. The van der Waals surface area contributed by atoms with Crippen LogP contribution in [0.1, 0.15) is 0 Å². The SMILES string of the molecule is Cl.Cl.Oc1ccc2ccccc2c1.[Ti]. The average molecular weight is 265 g/mol. The topological polar surface area (TPSA) is 20.2 Å². The molecule has 0 heterocycles. The minimum atomic E-state index is 0. The molecule has 0 saturated carbocycles. The first-order chi connectivity index (χ1) is 5.36. The molecular weight excluding hydrogens is 255 g/mol. The van der Waals surface area contributed by atoms with Crippen LogP contribution in [-0.4, -0.2) is 5.11 Å². The summed E-state index contributed by atoms with van der Waals surface area (Å²) in [5, 5.41) is 11.4. The summed E-state index contributed by atoms with van der Waals surface area (Å²) in [6.07, 6.45) is 0. The number of fused-ring (bicyclic) bond motifs is 1. The van der Waals surface area contributed by atoms with Gasteiger partial charge >= 0.3 is 0 Å². The summed E-state index contributed by atoms with van der Waals surface area (Å²) >= 11 is 0. The number of hydrogen-bond acceptors (Lipinski definition) is 1. The molecular formula is C10H10Cl2OTi. The Balaban J connectivity index is 0. The number of halogens is 2. The Kier molecular flexibility index (Phi) is 8.27. The molecule has 1 N–H and O–H groups in total. The molecule has 0 unspecified atom stereocenters. The van der Waals surface area contributed by atoms with Crippen molar-refractivity contribution in [1.82, 2.24) is 0 Å². The van der Waals surface area contributed by atoms with Crippen LogP contribution in [0, 0.1) is 0 Å². The Morgan fingerprint density at radius 2 is 1.36 bits per heavy atom. The smallest absolute Gasteiger partial charge is 0.116 e. The molecule has 0 aromatic heterocycles. The molecule has 0 radical (unpaired) electrons. The largest absolute Gasteiger partial charge is 0.508 e. The van der Waals surface area contributed by atoms with Crippen molar-refractivity contribution in [2.24, 2.45) is 0 Å². The van der Waals surface area contributed by atoms with Crippen molar-refractivity contribution in [3.63, 3.8) is 0 Å². The zero-order chi connectivity index (χ0) is 7.68. The van der Waals surface area contributed by atoms with Crippen molar-refractivity contribution >= 4 is 35.6 Å². The number of phenolic OH excluding ortho intramolecular Hbond substituents is 1. The van der Waals surface area contributed by atoms with Crippen molar-refractivity contribution in [2.75, 3.05) is 0 Å². The summed E-state index contributed by atoms with van der Waals surface area (Å²) in [5.41, 5.74) is 0. The molecule has 0 saturated heterocycles. The van der Waals surface area contributed by atoms with Gasteiger partial charge in [-0.25, -0.2) is 0 Å². The van der Waals surface area contributed by atoms with Gasteiger partial charge in [-0.3, -0.25) is 0 Å². The Bertz CT molecular complexity index is 393. The second-order valence-electron chi connectivity index (χ2n) is 2.53. The monoisotopic (exact) mass is 264 g/mol. The molecule has 0 amide bonds. The standard InChI is InChI=1S/C10H8O.2ClH.Ti/c11-10-6-5-8-3-1-2-4-9(8)7-10;;;/h1-7,11H;2*1H;. The second kappa shape index (κ2) is 7.13. The molecule has 0 aliphatic heterocycles. The van der Waals surface area contributed by atoms with Crippen LogP contribution in [0.2, 0.25) is 0 Å². The van der Waals surface area contributed by atoms with Gasteiger partial charge in [0.25, 0.3) is 0 Å². The first-order valence-electron chi connectivity index (χ1n) is 3.54. The number of phenols is 1. The van der Waals surface area contributed by atoms with Gasteiger partial charge in [-0.1, -0.05) is 30.3 Å². The molecule has 0 atom stereocenters. The van der Waals surface area contributed by atoms with E-state index in [0.717, 1.165) is 10.8 Å². The van der Waals surface area contributed by atoms with E-state index in [0.29, 0.717) is 5.75 Å². The molecule has 1 nitrogen and oxygen atoms in total. The normalized spacial score (nSPS) is 8.00. The maximum absolute atomic E-state index is 9.13. The molecule has 0 aliphatic rings.